The number of rotatable bonds is 6. The highest BCUT2D eigenvalue weighted by Crippen LogP contribution is 2.20. The Morgan fingerprint density at radius 2 is 2.11 bits per heavy atom. The highest BCUT2D eigenvalue weighted by atomic mass is 35.5. The number of fused-ring (bicyclic) bond motifs is 1. The molecule has 1 unspecified atom stereocenters. The smallest absolute Gasteiger partial charge is 0.0704 e. The van der Waals surface area contributed by atoms with Crippen LogP contribution in [0.15, 0.2) is 36.5 Å². The molecular formula is C15H18ClNO. The Kier molecular flexibility index (Phi) is 4.97. The Morgan fingerprint density at radius 3 is 2.94 bits per heavy atom. The fraction of sp³-hybridized carbons (Fsp3) is 0.400. The summed E-state index contributed by atoms with van der Waals surface area (Å²) in [7, 11) is 1.72. The minimum atomic E-state index is 0.158. The number of benzene rings is 1. The summed E-state index contributed by atoms with van der Waals surface area (Å²) in [5.74, 6) is 0. The molecule has 0 aliphatic rings. The standard InChI is InChI=1S/C15H18ClNO/c1-18-10-4-5-13(16)11-12-8-9-17-15-7-3-2-6-14(12)15/h2-3,6-9,13H,4-5,10-11H2,1H3. The first-order valence-corrected chi connectivity index (χ1v) is 6.70. The molecule has 1 aromatic carbocycles. The minimum absolute atomic E-state index is 0.158. The number of hydrogen-bond acceptors (Lipinski definition) is 2. The monoisotopic (exact) mass is 263 g/mol. The van der Waals surface area contributed by atoms with E-state index < -0.39 is 0 Å². The van der Waals surface area contributed by atoms with Crippen LogP contribution < -0.4 is 0 Å². The molecule has 0 saturated carbocycles. The van der Waals surface area contributed by atoms with Gasteiger partial charge < -0.3 is 4.74 Å². The molecule has 2 rings (SSSR count). The van der Waals surface area contributed by atoms with Gasteiger partial charge in [0.05, 0.1) is 5.52 Å². The van der Waals surface area contributed by atoms with Gasteiger partial charge in [0.25, 0.3) is 0 Å². The third-order valence-electron chi connectivity index (χ3n) is 3.05. The maximum atomic E-state index is 6.38. The third-order valence-corrected chi connectivity index (χ3v) is 3.42. The van der Waals surface area contributed by atoms with Gasteiger partial charge in [0, 0.05) is 30.7 Å². The molecule has 2 aromatic rings. The third kappa shape index (κ3) is 3.44. The van der Waals surface area contributed by atoms with Crippen molar-refractivity contribution in [2.75, 3.05) is 13.7 Å². The van der Waals surface area contributed by atoms with Gasteiger partial charge in [-0.25, -0.2) is 0 Å². The molecule has 0 radical (unpaired) electrons. The Hall–Kier alpha value is -1.12. The Morgan fingerprint density at radius 1 is 1.28 bits per heavy atom. The maximum Gasteiger partial charge on any atom is 0.0704 e. The SMILES string of the molecule is COCCCC(Cl)Cc1ccnc2ccccc12. The van der Waals surface area contributed by atoms with E-state index in [0.29, 0.717) is 0 Å². The van der Waals surface area contributed by atoms with Crippen molar-refractivity contribution in [2.45, 2.75) is 24.6 Å². The van der Waals surface area contributed by atoms with Crippen molar-refractivity contribution in [1.29, 1.82) is 0 Å². The molecule has 1 aromatic heterocycles. The average molecular weight is 264 g/mol. The number of para-hydroxylation sites is 1. The van der Waals surface area contributed by atoms with Crippen molar-refractivity contribution in [2.24, 2.45) is 0 Å². The van der Waals surface area contributed by atoms with Gasteiger partial charge >= 0.3 is 0 Å². The molecule has 0 saturated heterocycles. The van der Waals surface area contributed by atoms with Gasteiger partial charge in [0.2, 0.25) is 0 Å². The number of methoxy groups -OCH3 is 1. The predicted molar refractivity (Wildman–Crippen MR) is 76.2 cm³/mol. The Bertz CT molecular complexity index is 495. The molecule has 18 heavy (non-hydrogen) atoms. The van der Waals surface area contributed by atoms with Gasteiger partial charge in [-0.15, -0.1) is 11.6 Å². The molecule has 0 amide bonds. The van der Waals surface area contributed by atoms with Crippen molar-refractivity contribution >= 4 is 22.5 Å². The van der Waals surface area contributed by atoms with E-state index in [4.69, 9.17) is 16.3 Å². The molecule has 96 valence electrons. The lowest BCUT2D eigenvalue weighted by Gasteiger charge is -2.11. The second-order valence-corrected chi connectivity index (χ2v) is 5.04. The first-order chi connectivity index (χ1) is 8.81. The van der Waals surface area contributed by atoms with Crippen LogP contribution in [0.4, 0.5) is 0 Å². The van der Waals surface area contributed by atoms with Crippen LogP contribution in [0.2, 0.25) is 0 Å². The fourth-order valence-corrected chi connectivity index (χ4v) is 2.44. The maximum absolute atomic E-state index is 6.38. The van der Waals surface area contributed by atoms with Crippen molar-refractivity contribution in [3.63, 3.8) is 0 Å². The van der Waals surface area contributed by atoms with E-state index >= 15 is 0 Å². The van der Waals surface area contributed by atoms with Crippen LogP contribution in [0.25, 0.3) is 10.9 Å². The van der Waals surface area contributed by atoms with E-state index in [1.54, 1.807) is 7.11 Å². The van der Waals surface area contributed by atoms with Gasteiger partial charge in [0.15, 0.2) is 0 Å². The highest BCUT2D eigenvalue weighted by molar-refractivity contribution is 6.20. The van der Waals surface area contributed by atoms with Crippen molar-refractivity contribution < 1.29 is 4.74 Å². The Balaban J connectivity index is 2.07. The number of alkyl halides is 1. The van der Waals surface area contributed by atoms with E-state index in [9.17, 15) is 0 Å². The van der Waals surface area contributed by atoms with Crippen LogP contribution in [0.5, 0.6) is 0 Å². The van der Waals surface area contributed by atoms with Gasteiger partial charge in [-0.3, -0.25) is 4.98 Å². The summed E-state index contributed by atoms with van der Waals surface area (Å²) < 4.78 is 5.04. The van der Waals surface area contributed by atoms with Crippen LogP contribution in [0, 0.1) is 0 Å². The van der Waals surface area contributed by atoms with E-state index in [-0.39, 0.29) is 5.38 Å². The summed E-state index contributed by atoms with van der Waals surface area (Å²) in [6, 6.07) is 10.3. The van der Waals surface area contributed by atoms with Gasteiger partial charge in [-0.1, -0.05) is 18.2 Å². The summed E-state index contributed by atoms with van der Waals surface area (Å²) in [4.78, 5) is 4.36. The van der Waals surface area contributed by atoms with Gasteiger partial charge in [0.1, 0.15) is 0 Å². The fourth-order valence-electron chi connectivity index (χ4n) is 2.12. The molecule has 0 aliphatic carbocycles. The summed E-state index contributed by atoms with van der Waals surface area (Å²) in [6.45, 7) is 0.778. The van der Waals surface area contributed by atoms with Crippen molar-refractivity contribution in [3.05, 3.63) is 42.1 Å². The average Bonchev–Trinajstić information content (AvgIpc) is 2.39. The lowest BCUT2D eigenvalue weighted by Crippen LogP contribution is -2.05. The molecule has 1 heterocycles. The van der Waals surface area contributed by atoms with Gasteiger partial charge in [-0.2, -0.15) is 0 Å². The first-order valence-electron chi connectivity index (χ1n) is 6.27. The van der Waals surface area contributed by atoms with E-state index in [1.807, 2.05) is 24.4 Å². The second kappa shape index (κ2) is 6.72. The van der Waals surface area contributed by atoms with Gasteiger partial charge in [-0.05, 0) is 37.0 Å². The normalized spacial score (nSPS) is 12.8. The van der Waals surface area contributed by atoms with Crippen molar-refractivity contribution in [1.82, 2.24) is 4.98 Å². The van der Waals surface area contributed by atoms with E-state index in [1.165, 1.54) is 10.9 Å². The van der Waals surface area contributed by atoms with E-state index in [2.05, 4.69) is 17.1 Å². The molecule has 0 bridgehead atoms. The topological polar surface area (TPSA) is 22.1 Å². The lowest BCUT2D eigenvalue weighted by molar-refractivity contribution is 0.192. The molecule has 3 heteroatoms. The van der Waals surface area contributed by atoms with E-state index in [0.717, 1.165) is 31.4 Å². The predicted octanol–water partition coefficient (Wildman–Crippen LogP) is 3.81. The summed E-state index contributed by atoms with van der Waals surface area (Å²) >= 11 is 6.38. The number of ether oxygens (including phenoxy) is 1. The molecule has 0 aliphatic heterocycles. The van der Waals surface area contributed by atoms with Crippen LogP contribution >= 0.6 is 11.6 Å². The van der Waals surface area contributed by atoms with Crippen LogP contribution in [-0.4, -0.2) is 24.1 Å². The van der Waals surface area contributed by atoms with Crippen LogP contribution in [0.1, 0.15) is 18.4 Å². The lowest BCUT2D eigenvalue weighted by atomic mass is 10.0. The first kappa shape index (κ1) is 13.3. The second-order valence-electron chi connectivity index (χ2n) is 4.42. The molecular weight excluding hydrogens is 246 g/mol. The highest BCUT2D eigenvalue weighted by Gasteiger charge is 2.08. The van der Waals surface area contributed by atoms with Crippen LogP contribution in [0.3, 0.4) is 0 Å². The molecule has 2 nitrogen and oxygen atoms in total. The number of pyridine rings is 1. The summed E-state index contributed by atoms with van der Waals surface area (Å²) in [5.41, 5.74) is 2.31. The Labute approximate surface area is 113 Å². The quantitative estimate of drug-likeness (QED) is 0.584. The summed E-state index contributed by atoms with van der Waals surface area (Å²) in [5, 5.41) is 1.36. The minimum Gasteiger partial charge on any atom is -0.385 e. The zero-order valence-corrected chi connectivity index (χ0v) is 11.4. The molecule has 0 fully saturated rings. The number of nitrogens with zero attached hydrogens (tertiary/aromatic N) is 1. The molecule has 0 N–H and O–H groups in total. The molecule has 1 atom stereocenters. The molecule has 0 spiro atoms. The summed E-state index contributed by atoms with van der Waals surface area (Å²) in [6.07, 6.45) is 4.73. The number of aromatic nitrogens is 1. The number of halogens is 1. The van der Waals surface area contributed by atoms with Crippen molar-refractivity contribution in [3.8, 4) is 0 Å². The number of hydrogen-bond donors (Lipinski definition) is 0. The largest absolute Gasteiger partial charge is 0.385 e. The van der Waals surface area contributed by atoms with Crippen LogP contribution in [-0.2, 0) is 11.2 Å². The zero-order valence-electron chi connectivity index (χ0n) is 10.6. The zero-order chi connectivity index (χ0) is 12.8.